The summed E-state index contributed by atoms with van der Waals surface area (Å²) >= 11 is 0. The van der Waals surface area contributed by atoms with E-state index in [-0.39, 0.29) is 5.75 Å². The van der Waals surface area contributed by atoms with Crippen LogP contribution in [0, 0.1) is 0 Å². The highest BCUT2D eigenvalue weighted by Crippen LogP contribution is 2.10. The Morgan fingerprint density at radius 2 is 1.43 bits per heavy atom. The lowest BCUT2D eigenvalue weighted by Gasteiger charge is -2.37. The van der Waals surface area contributed by atoms with Crippen LogP contribution in [0.5, 0.6) is 0 Å². The van der Waals surface area contributed by atoms with Crippen molar-refractivity contribution < 1.29 is 26.9 Å². The van der Waals surface area contributed by atoms with Crippen molar-refractivity contribution in [2.24, 2.45) is 0 Å². The van der Waals surface area contributed by atoms with Crippen LogP contribution in [0.25, 0.3) is 0 Å². The summed E-state index contributed by atoms with van der Waals surface area (Å²) in [6.45, 7) is 12.9. The number of likely N-dealkylation sites (N-methyl/N-ethyl adjacent to an activating group) is 1. The van der Waals surface area contributed by atoms with Gasteiger partial charge in [0.2, 0.25) is 0 Å². The largest absolute Gasteiger partial charge is 0.748 e. The molecule has 7 heteroatoms. The standard InChI is InChI=1S/C16H35NO5S/c1-4-7-12-21-14-15-22-13-11-17(5-2,6-3)10-8-9-16-23(18,19)20/h4-16H2,1-3H3. The molecular formula is C16H35NO5S. The van der Waals surface area contributed by atoms with Crippen LogP contribution in [-0.2, 0) is 19.6 Å². The first-order valence-corrected chi connectivity index (χ1v) is 10.4. The van der Waals surface area contributed by atoms with Gasteiger partial charge in [0.05, 0.1) is 49.6 Å². The summed E-state index contributed by atoms with van der Waals surface area (Å²) in [5.74, 6) is -0.258. The van der Waals surface area contributed by atoms with Crippen LogP contribution >= 0.6 is 0 Å². The van der Waals surface area contributed by atoms with Crippen molar-refractivity contribution in [2.75, 3.05) is 58.4 Å². The lowest BCUT2D eigenvalue weighted by Crippen LogP contribution is -2.50. The SMILES string of the molecule is CCCCOCCOCC[N+](CC)(CC)CCCCS(=O)(=O)[O-]. The maximum absolute atomic E-state index is 10.6. The Morgan fingerprint density at radius 3 is 1.96 bits per heavy atom. The lowest BCUT2D eigenvalue weighted by molar-refractivity contribution is -0.925. The van der Waals surface area contributed by atoms with Crippen LogP contribution in [0.3, 0.4) is 0 Å². The smallest absolute Gasteiger partial charge is 0.102 e. The molecule has 0 saturated carbocycles. The van der Waals surface area contributed by atoms with Crippen molar-refractivity contribution in [2.45, 2.75) is 46.5 Å². The molecule has 23 heavy (non-hydrogen) atoms. The van der Waals surface area contributed by atoms with Crippen LogP contribution in [-0.4, -0.2) is 75.8 Å². The van der Waals surface area contributed by atoms with E-state index in [0.717, 1.165) is 56.5 Å². The van der Waals surface area contributed by atoms with Gasteiger partial charge in [-0.25, -0.2) is 8.42 Å². The summed E-state index contributed by atoms with van der Waals surface area (Å²) in [5, 5.41) is 0. The van der Waals surface area contributed by atoms with Gasteiger partial charge in [-0.2, -0.15) is 0 Å². The summed E-state index contributed by atoms with van der Waals surface area (Å²) in [6.07, 6.45) is 3.42. The van der Waals surface area contributed by atoms with Crippen molar-refractivity contribution in [1.82, 2.24) is 0 Å². The molecule has 140 valence electrons. The van der Waals surface area contributed by atoms with Gasteiger partial charge >= 0.3 is 0 Å². The molecule has 0 unspecified atom stereocenters. The highest BCUT2D eigenvalue weighted by atomic mass is 32.2. The van der Waals surface area contributed by atoms with Crippen molar-refractivity contribution in [3.63, 3.8) is 0 Å². The van der Waals surface area contributed by atoms with E-state index < -0.39 is 10.1 Å². The second-order valence-corrected chi connectivity index (χ2v) is 7.49. The average molecular weight is 354 g/mol. The summed E-state index contributed by atoms with van der Waals surface area (Å²) in [6, 6.07) is 0. The maximum atomic E-state index is 10.6. The summed E-state index contributed by atoms with van der Waals surface area (Å²) < 4.78 is 43.9. The van der Waals surface area contributed by atoms with Crippen LogP contribution in [0.4, 0.5) is 0 Å². The molecule has 0 saturated heterocycles. The van der Waals surface area contributed by atoms with Crippen molar-refractivity contribution in [3.8, 4) is 0 Å². The zero-order valence-corrected chi connectivity index (χ0v) is 15.9. The molecule has 6 nitrogen and oxygen atoms in total. The van der Waals surface area contributed by atoms with Crippen LogP contribution in [0.1, 0.15) is 46.5 Å². The molecule has 0 N–H and O–H groups in total. The molecule has 0 aromatic rings. The molecule has 0 aliphatic carbocycles. The van der Waals surface area contributed by atoms with Gasteiger partial charge in [-0.15, -0.1) is 0 Å². The minimum absolute atomic E-state index is 0.258. The number of ether oxygens (including phenoxy) is 2. The monoisotopic (exact) mass is 353 g/mol. The molecule has 0 atom stereocenters. The van der Waals surface area contributed by atoms with Crippen molar-refractivity contribution in [1.29, 1.82) is 0 Å². The van der Waals surface area contributed by atoms with Gasteiger partial charge in [0.1, 0.15) is 6.54 Å². The molecule has 0 radical (unpaired) electrons. The third kappa shape index (κ3) is 12.8. The van der Waals surface area contributed by atoms with E-state index in [2.05, 4.69) is 20.8 Å². The predicted octanol–water partition coefficient (Wildman–Crippen LogP) is 2.00. The predicted molar refractivity (Wildman–Crippen MR) is 91.4 cm³/mol. The molecule has 0 rings (SSSR count). The number of hydrogen-bond donors (Lipinski definition) is 0. The lowest BCUT2D eigenvalue weighted by atomic mass is 10.2. The van der Waals surface area contributed by atoms with E-state index in [4.69, 9.17) is 9.47 Å². The van der Waals surface area contributed by atoms with Gasteiger partial charge in [0.15, 0.2) is 0 Å². The fourth-order valence-electron chi connectivity index (χ4n) is 2.52. The van der Waals surface area contributed by atoms with Gasteiger partial charge in [-0.1, -0.05) is 13.3 Å². The first kappa shape index (κ1) is 22.8. The Kier molecular flexibility index (Phi) is 13.0. The molecule has 0 spiro atoms. The molecule has 0 aromatic carbocycles. The quantitative estimate of drug-likeness (QED) is 0.241. The van der Waals surface area contributed by atoms with E-state index in [0.29, 0.717) is 26.2 Å². The molecule has 0 aromatic heterocycles. The Labute approximate surface area is 142 Å². The normalized spacial score (nSPS) is 12.7. The number of nitrogens with zero attached hydrogens (tertiary/aromatic N) is 1. The molecular weight excluding hydrogens is 318 g/mol. The van der Waals surface area contributed by atoms with Gasteiger partial charge in [0, 0.05) is 12.4 Å². The van der Waals surface area contributed by atoms with Gasteiger partial charge in [0.25, 0.3) is 0 Å². The van der Waals surface area contributed by atoms with Gasteiger partial charge in [-0.05, 0) is 33.1 Å². The second kappa shape index (κ2) is 13.1. The Hall–Kier alpha value is -0.210. The molecule has 0 aliphatic rings. The molecule has 0 fully saturated rings. The van der Waals surface area contributed by atoms with Crippen molar-refractivity contribution >= 4 is 10.1 Å². The zero-order chi connectivity index (χ0) is 17.6. The Bertz CT molecular complexity index is 369. The molecule has 0 aliphatic heterocycles. The third-order valence-corrected chi connectivity index (χ3v) is 5.13. The van der Waals surface area contributed by atoms with Crippen LogP contribution in [0.15, 0.2) is 0 Å². The number of quaternary nitrogens is 1. The van der Waals surface area contributed by atoms with E-state index in [1.54, 1.807) is 0 Å². The molecule has 0 amide bonds. The fraction of sp³-hybridized carbons (Fsp3) is 1.00. The number of unbranched alkanes of at least 4 members (excludes halogenated alkanes) is 2. The van der Waals surface area contributed by atoms with E-state index in [1.165, 1.54) is 0 Å². The maximum Gasteiger partial charge on any atom is 0.102 e. The third-order valence-electron chi connectivity index (χ3n) is 4.34. The van der Waals surface area contributed by atoms with Gasteiger partial charge in [-0.3, -0.25) is 0 Å². The molecule has 0 bridgehead atoms. The van der Waals surface area contributed by atoms with Crippen molar-refractivity contribution in [3.05, 3.63) is 0 Å². The number of hydrogen-bond acceptors (Lipinski definition) is 5. The number of rotatable bonds is 16. The average Bonchev–Trinajstić information content (AvgIpc) is 2.51. The highest BCUT2D eigenvalue weighted by molar-refractivity contribution is 7.85. The summed E-state index contributed by atoms with van der Waals surface area (Å²) in [4.78, 5) is 0. The van der Waals surface area contributed by atoms with Crippen LogP contribution in [0.2, 0.25) is 0 Å². The summed E-state index contributed by atoms with van der Waals surface area (Å²) in [7, 11) is -4.08. The summed E-state index contributed by atoms with van der Waals surface area (Å²) in [5.41, 5.74) is 0. The topological polar surface area (TPSA) is 75.7 Å². The second-order valence-electron chi connectivity index (χ2n) is 5.97. The Morgan fingerprint density at radius 1 is 0.826 bits per heavy atom. The minimum atomic E-state index is -4.08. The van der Waals surface area contributed by atoms with E-state index in [9.17, 15) is 13.0 Å². The van der Waals surface area contributed by atoms with E-state index >= 15 is 0 Å². The first-order valence-electron chi connectivity index (χ1n) is 8.83. The van der Waals surface area contributed by atoms with E-state index in [1.807, 2.05) is 0 Å². The fourth-order valence-corrected chi connectivity index (χ4v) is 3.08. The molecule has 0 heterocycles. The first-order chi connectivity index (χ1) is 10.9. The highest BCUT2D eigenvalue weighted by Gasteiger charge is 2.22. The van der Waals surface area contributed by atoms with Crippen LogP contribution < -0.4 is 0 Å². The minimum Gasteiger partial charge on any atom is -0.748 e. The Balaban J connectivity index is 3.90. The zero-order valence-electron chi connectivity index (χ0n) is 15.1. The van der Waals surface area contributed by atoms with Gasteiger partial charge < -0.3 is 18.5 Å².